The van der Waals surface area contributed by atoms with Gasteiger partial charge in [0.1, 0.15) is 0 Å². The van der Waals surface area contributed by atoms with Crippen molar-refractivity contribution in [3.05, 3.63) is 0 Å². The van der Waals surface area contributed by atoms with Gasteiger partial charge in [-0.1, -0.05) is 0 Å². The first-order chi connectivity index (χ1) is 9.66. The van der Waals surface area contributed by atoms with Crippen molar-refractivity contribution in [2.24, 2.45) is 0 Å². The maximum Gasteiger partial charge on any atom is 0.482 e. The van der Waals surface area contributed by atoms with Gasteiger partial charge in [0.25, 0.3) is 0 Å². The van der Waals surface area contributed by atoms with Crippen LogP contribution in [0, 0.1) is 0 Å². The van der Waals surface area contributed by atoms with Gasteiger partial charge in [0.2, 0.25) is 0 Å². The highest BCUT2D eigenvalue weighted by Crippen LogP contribution is 2.28. The Morgan fingerprint density at radius 2 is 0.773 bits per heavy atom. The van der Waals surface area contributed by atoms with Gasteiger partial charge in [0.15, 0.2) is 0 Å². The lowest BCUT2D eigenvalue weighted by atomic mass is 11.8. The standard InChI is InChI=1S/C7H24O10Si5/c1-11-21(6)14-18(3,8)13-19(4,9)15-22(7,12-2)17-20(5,10)16-21/h8-10H,1-7H3. The second kappa shape index (κ2) is 6.53. The Balaban J connectivity index is 3.26. The van der Waals surface area contributed by atoms with E-state index in [0.717, 1.165) is 0 Å². The van der Waals surface area contributed by atoms with Gasteiger partial charge in [0, 0.05) is 47.0 Å². The first-order valence-electron chi connectivity index (χ1n) is 6.44. The highest BCUT2D eigenvalue weighted by atomic mass is 28.6. The Morgan fingerprint density at radius 3 is 1.00 bits per heavy atom. The lowest BCUT2D eigenvalue weighted by Crippen LogP contribution is -2.68. The predicted molar refractivity (Wildman–Crippen MR) is 84.2 cm³/mol. The van der Waals surface area contributed by atoms with E-state index >= 15 is 0 Å². The van der Waals surface area contributed by atoms with E-state index in [1.165, 1.54) is 47.0 Å². The molecule has 1 fully saturated rings. The molecule has 0 bridgehead atoms. The van der Waals surface area contributed by atoms with Crippen LogP contribution < -0.4 is 0 Å². The molecule has 0 aromatic rings. The maximum absolute atomic E-state index is 10.4. The molecule has 1 aliphatic rings. The molecule has 0 saturated carbocycles. The Morgan fingerprint density at radius 1 is 0.545 bits per heavy atom. The first kappa shape index (κ1) is 20.7. The molecule has 0 radical (unpaired) electrons. The Labute approximate surface area is 135 Å². The molecule has 0 aliphatic carbocycles. The molecule has 1 aliphatic heterocycles. The minimum Gasteiger partial charge on any atom is -0.391 e. The summed E-state index contributed by atoms with van der Waals surface area (Å²) in [6.45, 7) is 6.91. The van der Waals surface area contributed by atoms with Gasteiger partial charge < -0.3 is 43.8 Å². The van der Waals surface area contributed by atoms with Crippen molar-refractivity contribution in [3.8, 4) is 0 Å². The molecule has 10 nitrogen and oxygen atoms in total. The summed E-state index contributed by atoms with van der Waals surface area (Å²) in [5, 5.41) is 0. The molecule has 0 spiro atoms. The van der Waals surface area contributed by atoms with Crippen molar-refractivity contribution in [2.75, 3.05) is 14.2 Å². The van der Waals surface area contributed by atoms with Crippen LogP contribution >= 0.6 is 0 Å². The van der Waals surface area contributed by atoms with Crippen LogP contribution in [0.3, 0.4) is 0 Å². The average molecular weight is 409 g/mol. The quantitative estimate of drug-likeness (QED) is 0.500. The van der Waals surface area contributed by atoms with E-state index in [9.17, 15) is 14.4 Å². The summed E-state index contributed by atoms with van der Waals surface area (Å²) in [5.41, 5.74) is 0. The normalized spacial score (nSPS) is 51.5. The van der Waals surface area contributed by atoms with Crippen molar-refractivity contribution >= 4 is 44.0 Å². The summed E-state index contributed by atoms with van der Waals surface area (Å²) in [6, 6.07) is 0. The van der Waals surface area contributed by atoms with E-state index in [0.29, 0.717) is 0 Å². The Hall–Kier alpha value is 0.684. The fraction of sp³-hybridized carbons (Fsp3) is 1.00. The lowest BCUT2D eigenvalue weighted by molar-refractivity contribution is 0.0665. The smallest absolute Gasteiger partial charge is 0.391 e. The van der Waals surface area contributed by atoms with Gasteiger partial charge in [-0.25, -0.2) is 0 Å². The number of rotatable bonds is 2. The van der Waals surface area contributed by atoms with Crippen molar-refractivity contribution in [1.29, 1.82) is 0 Å². The van der Waals surface area contributed by atoms with Gasteiger partial charge in [-0.2, -0.15) is 0 Å². The van der Waals surface area contributed by atoms with E-state index in [1.54, 1.807) is 0 Å². The van der Waals surface area contributed by atoms with Crippen LogP contribution in [0.25, 0.3) is 0 Å². The Kier molecular flexibility index (Phi) is 6.16. The average Bonchev–Trinajstić information content (AvgIpc) is 2.22. The molecule has 3 N–H and O–H groups in total. The molecule has 132 valence electrons. The second-order valence-electron chi connectivity index (χ2n) is 5.34. The molecule has 0 aromatic carbocycles. The number of hydrogen-bond acceptors (Lipinski definition) is 10. The molecular weight excluding hydrogens is 384 g/mol. The zero-order valence-electron chi connectivity index (χ0n) is 13.7. The fourth-order valence-corrected chi connectivity index (χ4v) is 19.9. The molecule has 1 saturated heterocycles. The molecule has 22 heavy (non-hydrogen) atoms. The van der Waals surface area contributed by atoms with Crippen molar-refractivity contribution in [1.82, 2.24) is 0 Å². The van der Waals surface area contributed by atoms with E-state index in [1.807, 2.05) is 0 Å². The lowest BCUT2D eigenvalue weighted by Gasteiger charge is -2.42. The van der Waals surface area contributed by atoms with Gasteiger partial charge in [-0.15, -0.1) is 0 Å². The predicted octanol–water partition coefficient (Wildman–Crippen LogP) is -0.804. The minimum absolute atomic E-state index is 1.30. The van der Waals surface area contributed by atoms with Crippen LogP contribution in [0.5, 0.6) is 0 Å². The van der Waals surface area contributed by atoms with Gasteiger partial charge >= 0.3 is 44.0 Å². The zero-order chi connectivity index (χ0) is 17.4. The van der Waals surface area contributed by atoms with E-state index in [4.69, 9.17) is 29.4 Å². The van der Waals surface area contributed by atoms with Crippen molar-refractivity contribution in [3.63, 3.8) is 0 Å². The zero-order valence-corrected chi connectivity index (χ0v) is 18.7. The van der Waals surface area contributed by atoms with Gasteiger partial charge in [0.05, 0.1) is 0 Å². The van der Waals surface area contributed by atoms with Crippen molar-refractivity contribution < 1.29 is 43.8 Å². The molecular formula is C7H24O10Si5. The molecule has 4 atom stereocenters. The van der Waals surface area contributed by atoms with Crippen LogP contribution in [0.1, 0.15) is 0 Å². The molecule has 15 heteroatoms. The Bertz CT molecular complexity index is 373. The molecule has 0 aromatic heterocycles. The summed E-state index contributed by atoms with van der Waals surface area (Å²) >= 11 is 0. The molecule has 1 heterocycles. The van der Waals surface area contributed by atoms with Crippen LogP contribution in [-0.2, 0) is 29.4 Å². The van der Waals surface area contributed by atoms with Crippen LogP contribution in [0.2, 0.25) is 32.7 Å². The summed E-state index contributed by atoms with van der Waals surface area (Å²) in [6.07, 6.45) is 0. The fourth-order valence-electron chi connectivity index (χ4n) is 2.00. The highest BCUT2D eigenvalue weighted by Gasteiger charge is 2.60. The van der Waals surface area contributed by atoms with Crippen LogP contribution in [0.15, 0.2) is 0 Å². The minimum atomic E-state index is -3.84. The SMILES string of the molecule is CO[Si]1(C)O[Si](C)(O)O[Si](C)(O)O[Si](C)(OC)O[Si](C)(O)O1. The molecule has 1 rings (SSSR count). The maximum atomic E-state index is 10.4. The van der Waals surface area contributed by atoms with Gasteiger partial charge in [-0.05, 0) is 0 Å². The third kappa shape index (κ3) is 5.96. The third-order valence-corrected chi connectivity index (χ3v) is 19.1. The number of hydrogen-bond donors (Lipinski definition) is 3. The first-order valence-corrected chi connectivity index (χ1v) is 17.7. The molecule has 4 unspecified atom stereocenters. The highest BCUT2D eigenvalue weighted by molar-refractivity contribution is 6.87. The summed E-state index contributed by atoms with van der Waals surface area (Å²) in [5.74, 6) is 0. The van der Waals surface area contributed by atoms with E-state index in [2.05, 4.69) is 0 Å². The van der Waals surface area contributed by atoms with Gasteiger partial charge in [-0.3, -0.25) is 0 Å². The second-order valence-corrected chi connectivity index (χ2v) is 19.1. The third-order valence-electron chi connectivity index (χ3n) is 2.62. The van der Waals surface area contributed by atoms with E-state index < -0.39 is 44.0 Å². The topological polar surface area (TPSA) is 125 Å². The van der Waals surface area contributed by atoms with E-state index in [-0.39, 0.29) is 0 Å². The summed E-state index contributed by atoms with van der Waals surface area (Å²) < 4.78 is 37.7. The van der Waals surface area contributed by atoms with Crippen LogP contribution in [-0.4, -0.2) is 72.6 Å². The summed E-state index contributed by atoms with van der Waals surface area (Å²) in [4.78, 5) is 31.1. The molecule has 0 amide bonds. The monoisotopic (exact) mass is 408 g/mol. The van der Waals surface area contributed by atoms with Crippen molar-refractivity contribution in [2.45, 2.75) is 32.7 Å². The van der Waals surface area contributed by atoms with Crippen LogP contribution in [0.4, 0.5) is 0 Å². The summed E-state index contributed by atoms with van der Waals surface area (Å²) in [7, 11) is -15.7. The largest absolute Gasteiger partial charge is 0.482 e.